The molecule has 34 heavy (non-hydrogen) atoms. The summed E-state index contributed by atoms with van der Waals surface area (Å²) in [5.74, 6) is 0.315. The molecule has 1 aliphatic rings. The standard InChI is InChI=1S/C28H21Cl2NO3/c29-20-8-5-18(6-9-20)17-19-7-14-24-26(23-3-1-2-4-25(23)31-27(19)24)28(32)34-16-15-33-22-12-10-21(30)11-13-22/h1-6,8-13,17H,7,14-16H2. The number of hydrogen-bond acceptors (Lipinski definition) is 4. The minimum Gasteiger partial charge on any atom is -0.490 e. The molecule has 1 heterocycles. The van der Waals surface area contributed by atoms with Gasteiger partial charge in [-0.05, 0) is 78.1 Å². The minimum absolute atomic E-state index is 0.139. The lowest BCUT2D eigenvalue weighted by Crippen LogP contribution is -2.15. The van der Waals surface area contributed by atoms with Crippen molar-refractivity contribution in [2.24, 2.45) is 0 Å². The van der Waals surface area contributed by atoms with Gasteiger partial charge in [0.15, 0.2) is 0 Å². The topological polar surface area (TPSA) is 48.4 Å². The van der Waals surface area contributed by atoms with E-state index in [4.69, 9.17) is 37.7 Å². The van der Waals surface area contributed by atoms with Crippen LogP contribution in [0.2, 0.25) is 10.0 Å². The molecular weight excluding hydrogens is 469 g/mol. The minimum atomic E-state index is -0.359. The Morgan fingerprint density at radius 3 is 2.35 bits per heavy atom. The van der Waals surface area contributed by atoms with E-state index in [-0.39, 0.29) is 19.2 Å². The molecule has 0 radical (unpaired) electrons. The summed E-state index contributed by atoms with van der Waals surface area (Å²) in [4.78, 5) is 18.1. The molecule has 6 heteroatoms. The number of ether oxygens (including phenoxy) is 2. The van der Waals surface area contributed by atoms with E-state index in [0.29, 0.717) is 21.4 Å². The number of rotatable bonds is 6. The highest BCUT2D eigenvalue weighted by molar-refractivity contribution is 6.30. The smallest absolute Gasteiger partial charge is 0.339 e. The van der Waals surface area contributed by atoms with Crippen LogP contribution in [0, 0.1) is 0 Å². The van der Waals surface area contributed by atoms with Crippen molar-refractivity contribution in [2.45, 2.75) is 12.8 Å². The number of nitrogens with zero attached hydrogens (tertiary/aromatic N) is 1. The van der Waals surface area contributed by atoms with E-state index in [1.165, 1.54) is 0 Å². The predicted molar refractivity (Wildman–Crippen MR) is 137 cm³/mol. The first-order valence-corrected chi connectivity index (χ1v) is 11.8. The van der Waals surface area contributed by atoms with Gasteiger partial charge in [0.1, 0.15) is 19.0 Å². The molecule has 1 aromatic heterocycles. The van der Waals surface area contributed by atoms with Gasteiger partial charge in [-0.15, -0.1) is 0 Å². The van der Waals surface area contributed by atoms with Gasteiger partial charge in [-0.1, -0.05) is 53.5 Å². The summed E-state index contributed by atoms with van der Waals surface area (Å²) in [5, 5.41) is 2.14. The summed E-state index contributed by atoms with van der Waals surface area (Å²) < 4.78 is 11.3. The Labute approximate surface area is 207 Å². The third kappa shape index (κ3) is 4.79. The van der Waals surface area contributed by atoms with Crippen molar-refractivity contribution >= 4 is 51.7 Å². The van der Waals surface area contributed by atoms with Gasteiger partial charge in [0.05, 0.1) is 16.8 Å². The Morgan fingerprint density at radius 2 is 1.59 bits per heavy atom. The fourth-order valence-corrected chi connectivity index (χ4v) is 4.42. The summed E-state index contributed by atoms with van der Waals surface area (Å²) in [5.41, 5.74) is 5.30. The third-order valence-electron chi connectivity index (χ3n) is 5.76. The lowest BCUT2D eigenvalue weighted by molar-refractivity contribution is 0.0451. The van der Waals surface area contributed by atoms with Gasteiger partial charge in [0.2, 0.25) is 0 Å². The van der Waals surface area contributed by atoms with Crippen LogP contribution in [0.1, 0.15) is 33.6 Å². The maximum Gasteiger partial charge on any atom is 0.339 e. The SMILES string of the molecule is O=C(OCCOc1ccc(Cl)cc1)c1c2c(nc3ccccc13)C(=Cc1ccc(Cl)cc1)CC2. The van der Waals surface area contributed by atoms with Crippen molar-refractivity contribution in [3.8, 4) is 5.75 Å². The van der Waals surface area contributed by atoms with Crippen LogP contribution in [0.3, 0.4) is 0 Å². The molecule has 0 atom stereocenters. The first-order chi connectivity index (χ1) is 16.6. The van der Waals surface area contributed by atoms with Gasteiger partial charge in [-0.25, -0.2) is 9.78 Å². The zero-order chi connectivity index (χ0) is 23.5. The van der Waals surface area contributed by atoms with E-state index in [2.05, 4.69) is 6.08 Å². The molecule has 170 valence electrons. The van der Waals surface area contributed by atoms with E-state index < -0.39 is 0 Å². The van der Waals surface area contributed by atoms with Crippen molar-refractivity contribution in [3.05, 3.63) is 105 Å². The lowest BCUT2D eigenvalue weighted by Gasteiger charge is -2.13. The molecule has 0 unspecified atom stereocenters. The van der Waals surface area contributed by atoms with Crippen LogP contribution in [0.4, 0.5) is 0 Å². The van der Waals surface area contributed by atoms with Crippen molar-refractivity contribution in [1.29, 1.82) is 0 Å². The maximum atomic E-state index is 13.2. The Hall–Kier alpha value is -3.34. The second-order valence-corrected chi connectivity index (χ2v) is 8.86. The number of esters is 1. The second kappa shape index (κ2) is 9.88. The highest BCUT2D eigenvalue weighted by atomic mass is 35.5. The lowest BCUT2D eigenvalue weighted by atomic mass is 10.0. The molecular formula is C28H21Cl2NO3. The molecule has 5 rings (SSSR count). The van der Waals surface area contributed by atoms with Crippen LogP contribution in [0.25, 0.3) is 22.6 Å². The third-order valence-corrected chi connectivity index (χ3v) is 6.26. The average Bonchev–Trinajstić information content (AvgIpc) is 3.24. The van der Waals surface area contributed by atoms with Crippen LogP contribution >= 0.6 is 23.2 Å². The molecule has 4 nitrogen and oxygen atoms in total. The first-order valence-electron chi connectivity index (χ1n) is 11.0. The Balaban J connectivity index is 1.40. The highest BCUT2D eigenvalue weighted by Gasteiger charge is 2.27. The number of fused-ring (bicyclic) bond motifs is 2. The molecule has 0 amide bonds. The number of benzene rings is 3. The van der Waals surface area contributed by atoms with Gasteiger partial charge in [0.25, 0.3) is 0 Å². The molecule has 0 bridgehead atoms. The van der Waals surface area contributed by atoms with Crippen LogP contribution in [-0.2, 0) is 11.2 Å². The van der Waals surface area contributed by atoms with Crippen molar-refractivity contribution < 1.29 is 14.3 Å². The van der Waals surface area contributed by atoms with E-state index in [0.717, 1.165) is 46.1 Å². The van der Waals surface area contributed by atoms with E-state index in [1.54, 1.807) is 24.3 Å². The fourth-order valence-electron chi connectivity index (χ4n) is 4.17. The summed E-state index contributed by atoms with van der Waals surface area (Å²) in [6.45, 7) is 0.390. The Kier molecular flexibility index (Phi) is 6.52. The molecule has 0 fully saturated rings. The van der Waals surface area contributed by atoms with Crippen molar-refractivity contribution in [2.75, 3.05) is 13.2 Å². The average molecular weight is 490 g/mol. The second-order valence-electron chi connectivity index (χ2n) is 7.99. The molecule has 0 aliphatic heterocycles. The largest absolute Gasteiger partial charge is 0.490 e. The zero-order valence-corrected chi connectivity index (χ0v) is 19.8. The van der Waals surface area contributed by atoms with Gasteiger partial charge in [-0.3, -0.25) is 0 Å². The maximum absolute atomic E-state index is 13.2. The number of hydrogen-bond donors (Lipinski definition) is 0. The van der Waals surface area contributed by atoms with Crippen molar-refractivity contribution in [3.63, 3.8) is 0 Å². The zero-order valence-electron chi connectivity index (χ0n) is 18.3. The van der Waals surface area contributed by atoms with E-state index in [1.807, 2.05) is 48.5 Å². The van der Waals surface area contributed by atoms with Gasteiger partial charge < -0.3 is 9.47 Å². The molecule has 0 N–H and O–H groups in total. The van der Waals surface area contributed by atoms with Crippen LogP contribution < -0.4 is 4.74 Å². The summed E-state index contributed by atoms with van der Waals surface area (Å²) in [6.07, 6.45) is 3.65. The molecule has 1 aliphatic carbocycles. The normalized spacial score (nSPS) is 13.8. The number of pyridine rings is 1. The van der Waals surface area contributed by atoms with Gasteiger partial charge in [0, 0.05) is 15.4 Å². The number of carbonyl (C=O) groups is 1. The number of carbonyl (C=O) groups excluding carboxylic acids is 1. The Morgan fingerprint density at radius 1 is 0.882 bits per heavy atom. The molecule has 0 saturated carbocycles. The van der Waals surface area contributed by atoms with Gasteiger partial charge >= 0.3 is 5.97 Å². The first kappa shape index (κ1) is 22.5. The van der Waals surface area contributed by atoms with Crippen LogP contribution in [0.15, 0.2) is 72.8 Å². The number of aromatic nitrogens is 1. The summed E-state index contributed by atoms with van der Waals surface area (Å²) in [6, 6.07) is 22.4. The van der Waals surface area contributed by atoms with E-state index in [9.17, 15) is 4.79 Å². The predicted octanol–water partition coefficient (Wildman–Crippen LogP) is 7.26. The molecule has 0 spiro atoms. The monoisotopic (exact) mass is 489 g/mol. The van der Waals surface area contributed by atoms with Crippen molar-refractivity contribution in [1.82, 2.24) is 4.98 Å². The summed E-state index contributed by atoms with van der Waals surface area (Å²) >= 11 is 11.9. The van der Waals surface area contributed by atoms with Crippen LogP contribution in [-0.4, -0.2) is 24.2 Å². The Bertz CT molecular complexity index is 1380. The van der Waals surface area contributed by atoms with Crippen LogP contribution in [0.5, 0.6) is 5.75 Å². The number of para-hydroxylation sites is 1. The van der Waals surface area contributed by atoms with E-state index >= 15 is 0 Å². The molecule has 3 aromatic carbocycles. The quantitative estimate of drug-likeness (QED) is 0.211. The number of allylic oxidation sites excluding steroid dienone is 1. The molecule has 4 aromatic rings. The summed E-state index contributed by atoms with van der Waals surface area (Å²) in [7, 11) is 0. The molecule has 0 saturated heterocycles. The number of halogens is 2. The fraction of sp³-hybridized carbons (Fsp3) is 0.143. The van der Waals surface area contributed by atoms with Gasteiger partial charge in [-0.2, -0.15) is 0 Å². The highest BCUT2D eigenvalue weighted by Crippen LogP contribution is 2.37.